The lowest BCUT2D eigenvalue weighted by atomic mass is 9.94. The Bertz CT molecular complexity index is 3570. The number of para-hydroxylation sites is 1. The highest BCUT2D eigenvalue weighted by Gasteiger charge is 2.41. The predicted molar refractivity (Wildman–Crippen MR) is 271 cm³/mol. The van der Waals surface area contributed by atoms with Gasteiger partial charge >= 0.3 is 0 Å². The maximum Gasteiger partial charge on any atom is 0.159 e. The molecule has 2 aromatic heterocycles. The second-order valence-corrected chi connectivity index (χ2v) is 21.6. The first-order valence-corrected chi connectivity index (χ1v) is 25.1. The minimum absolute atomic E-state index is 0.762. The molecule has 64 heavy (non-hydrogen) atoms. The Balaban J connectivity index is 0.999. The van der Waals surface area contributed by atoms with Gasteiger partial charge in [0.05, 0.1) is 16.7 Å². The molecule has 1 aliphatic heterocycles. The Hall–Kier alpha value is -7.92. The lowest BCUT2D eigenvalue weighted by Crippen LogP contribution is -2.50. The molecule has 0 saturated heterocycles. The molecule has 3 heterocycles. The zero-order chi connectivity index (χ0) is 42.8. The van der Waals surface area contributed by atoms with E-state index in [0.29, 0.717) is 0 Å². The van der Waals surface area contributed by atoms with E-state index in [1.807, 2.05) is 0 Å². The molecule has 0 spiro atoms. The van der Waals surface area contributed by atoms with E-state index >= 15 is 0 Å². The van der Waals surface area contributed by atoms with E-state index in [9.17, 15) is 0 Å². The lowest BCUT2D eigenvalue weighted by molar-refractivity contribution is 1.18. The maximum atomic E-state index is 5.53. The predicted octanol–water partition coefficient (Wildman–Crippen LogP) is 14.4. The normalized spacial score (nSPS) is 12.7. The lowest BCUT2D eigenvalue weighted by Gasteiger charge is -2.19. The molecule has 0 radical (unpaired) electrons. The van der Waals surface area contributed by atoms with E-state index in [1.165, 1.54) is 76.8 Å². The zero-order valence-corrected chi connectivity index (χ0v) is 36.7. The van der Waals surface area contributed by atoms with Crippen LogP contribution in [0.2, 0.25) is 13.1 Å². The number of aromatic nitrogens is 3. The number of nitrogens with zero attached hydrogens (tertiary/aromatic N) is 3. The minimum atomic E-state index is -2.15. The first-order chi connectivity index (χ1) is 31.5. The Kier molecular flexibility index (Phi) is 8.96. The molecule has 12 rings (SSSR count). The average Bonchev–Trinajstić information content (AvgIpc) is 3.82. The van der Waals surface area contributed by atoms with Gasteiger partial charge in [0.15, 0.2) is 5.82 Å². The highest BCUT2D eigenvalue weighted by molar-refractivity contribution is 7.03. The van der Waals surface area contributed by atoms with Crippen molar-refractivity contribution in [2.75, 3.05) is 0 Å². The van der Waals surface area contributed by atoms with Crippen molar-refractivity contribution in [2.24, 2.45) is 0 Å². The summed E-state index contributed by atoms with van der Waals surface area (Å²) >= 11 is 0. The van der Waals surface area contributed by atoms with E-state index in [-0.39, 0.29) is 0 Å². The second-order valence-electron chi connectivity index (χ2n) is 17.4. The van der Waals surface area contributed by atoms with Crippen molar-refractivity contribution in [3.63, 3.8) is 0 Å². The number of benzene rings is 9. The summed E-state index contributed by atoms with van der Waals surface area (Å²) in [5, 5.41) is 5.09. The number of hydrogen-bond acceptors (Lipinski definition) is 2. The van der Waals surface area contributed by atoms with Crippen LogP contribution in [-0.4, -0.2) is 22.6 Å². The van der Waals surface area contributed by atoms with Crippen molar-refractivity contribution in [1.29, 1.82) is 0 Å². The van der Waals surface area contributed by atoms with Crippen LogP contribution in [0, 0.1) is 0 Å². The van der Waals surface area contributed by atoms with Crippen molar-refractivity contribution >= 4 is 40.4 Å². The van der Waals surface area contributed by atoms with Gasteiger partial charge in [-0.15, -0.1) is 0 Å². The molecule has 0 aliphatic carbocycles. The summed E-state index contributed by atoms with van der Waals surface area (Å²) in [6.07, 6.45) is 0. The quantitative estimate of drug-likeness (QED) is 0.150. The van der Waals surface area contributed by atoms with Crippen LogP contribution in [0.5, 0.6) is 0 Å². The van der Waals surface area contributed by atoms with Crippen LogP contribution in [0.3, 0.4) is 0 Å². The standard InChI is InChI=1S/C60H43N3Si/c1-64(2)55-33-13-12-30-51(55)57-58(47-26-15-22-42(37-47)40-18-6-3-7-19-40)61-59(62-60(57)64)48-27-16-24-44(38-48)43-23-14-25-46(36-43)50-31-17-32-54-56(50)52-39-45(41-20-8-4-9-21-41)34-35-53(52)63(54)49-28-10-5-11-29-49/h3-39H,1-2H3. The summed E-state index contributed by atoms with van der Waals surface area (Å²) < 4.78 is 2.40. The van der Waals surface area contributed by atoms with Gasteiger partial charge in [0.2, 0.25) is 0 Å². The number of rotatable bonds is 7. The molecular weight excluding hydrogens is 791 g/mol. The van der Waals surface area contributed by atoms with Gasteiger partial charge in [0.1, 0.15) is 8.07 Å². The fourth-order valence-electron chi connectivity index (χ4n) is 10.0. The summed E-state index contributed by atoms with van der Waals surface area (Å²) in [7, 11) is -2.15. The van der Waals surface area contributed by atoms with Crippen molar-refractivity contribution < 1.29 is 0 Å². The van der Waals surface area contributed by atoms with Crippen LogP contribution in [0.1, 0.15) is 0 Å². The molecule has 1 aliphatic rings. The van der Waals surface area contributed by atoms with Crippen LogP contribution in [0.15, 0.2) is 224 Å². The van der Waals surface area contributed by atoms with Gasteiger partial charge in [-0.1, -0.05) is 189 Å². The molecular formula is C60H43N3Si. The summed E-state index contributed by atoms with van der Waals surface area (Å²) in [4.78, 5) is 11.0. The molecule has 0 unspecified atom stereocenters. The molecule has 3 nitrogen and oxygen atoms in total. The molecule has 0 bridgehead atoms. The number of hydrogen-bond donors (Lipinski definition) is 0. The van der Waals surface area contributed by atoms with Gasteiger partial charge in [0, 0.05) is 38.5 Å². The van der Waals surface area contributed by atoms with Crippen LogP contribution in [0.25, 0.3) is 106 Å². The first-order valence-electron chi connectivity index (χ1n) is 22.1. The summed E-state index contributed by atoms with van der Waals surface area (Å²) in [6.45, 7) is 4.86. The Labute approximate surface area is 374 Å². The zero-order valence-electron chi connectivity index (χ0n) is 35.7. The van der Waals surface area contributed by atoms with Gasteiger partial charge in [-0.2, -0.15) is 0 Å². The van der Waals surface area contributed by atoms with Crippen molar-refractivity contribution in [3.05, 3.63) is 224 Å². The fourth-order valence-corrected chi connectivity index (χ4v) is 13.0. The topological polar surface area (TPSA) is 30.7 Å². The molecule has 0 N–H and O–H groups in total. The van der Waals surface area contributed by atoms with Crippen molar-refractivity contribution in [3.8, 4) is 84.0 Å². The third-order valence-corrected chi connectivity index (χ3v) is 16.5. The molecule has 0 fully saturated rings. The molecule has 9 aromatic carbocycles. The maximum absolute atomic E-state index is 5.53. The van der Waals surface area contributed by atoms with E-state index in [4.69, 9.17) is 9.97 Å². The molecule has 302 valence electrons. The van der Waals surface area contributed by atoms with Crippen molar-refractivity contribution in [1.82, 2.24) is 14.5 Å². The molecule has 0 atom stereocenters. The van der Waals surface area contributed by atoms with E-state index in [2.05, 4.69) is 242 Å². The third-order valence-electron chi connectivity index (χ3n) is 13.2. The van der Waals surface area contributed by atoms with E-state index in [1.54, 1.807) is 0 Å². The Morgan fingerprint density at radius 1 is 0.375 bits per heavy atom. The van der Waals surface area contributed by atoms with Gasteiger partial charge in [-0.25, -0.2) is 9.97 Å². The van der Waals surface area contributed by atoms with E-state index in [0.717, 1.165) is 39.5 Å². The summed E-state index contributed by atoms with van der Waals surface area (Å²) in [5.41, 5.74) is 18.5. The van der Waals surface area contributed by atoms with Crippen LogP contribution in [-0.2, 0) is 0 Å². The van der Waals surface area contributed by atoms with Crippen LogP contribution < -0.4 is 10.5 Å². The monoisotopic (exact) mass is 833 g/mol. The molecule has 0 amide bonds. The second kappa shape index (κ2) is 15.2. The average molecular weight is 834 g/mol. The van der Waals surface area contributed by atoms with Crippen molar-refractivity contribution in [2.45, 2.75) is 13.1 Å². The highest BCUT2D eigenvalue weighted by Crippen LogP contribution is 2.42. The summed E-state index contributed by atoms with van der Waals surface area (Å²) in [5.74, 6) is 0.762. The highest BCUT2D eigenvalue weighted by atomic mass is 28.3. The molecule has 4 heteroatoms. The summed E-state index contributed by atoms with van der Waals surface area (Å²) in [6, 6.07) is 81.2. The Morgan fingerprint density at radius 3 is 1.61 bits per heavy atom. The van der Waals surface area contributed by atoms with Crippen LogP contribution in [0.4, 0.5) is 0 Å². The van der Waals surface area contributed by atoms with E-state index < -0.39 is 8.07 Å². The Morgan fingerprint density at radius 2 is 0.891 bits per heavy atom. The van der Waals surface area contributed by atoms with Gasteiger partial charge in [-0.05, 0) is 104 Å². The molecule has 11 aromatic rings. The fraction of sp³-hybridized carbons (Fsp3) is 0.0333. The largest absolute Gasteiger partial charge is 0.309 e. The number of fused-ring (bicyclic) bond motifs is 6. The third kappa shape index (κ3) is 6.25. The smallest absolute Gasteiger partial charge is 0.159 e. The SMILES string of the molecule is C[Si]1(C)c2ccccc2-c2c(-c3cccc(-c4ccccc4)c3)nc(-c3cccc(-c4cccc(-c5cccc6c5c5cc(-c7ccccc7)ccc5n6-c5ccccc5)c4)c3)nc21. The van der Waals surface area contributed by atoms with Gasteiger partial charge < -0.3 is 4.57 Å². The molecule has 0 saturated carbocycles. The minimum Gasteiger partial charge on any atom is -0.309 e. The van der Waals surface area contributed by atoms with Gasteiger partial charge in [0.25, 0.3) is 0 Å². The first kappa shape index (κ1) is 37.8. The van der Waals surface area contributed by atoms with Crippen LogP contribution >= 0.6 is 0 Å². The van der Waals surface area contributed by atoms with Gasteiger partial charge in [-0.3, -0.25) is 0 Å².